The SMILES string of the molecule is CC(C)(C)c1[c-]c2c(cc1)-c1ccc(C(C)(C)C)cc1C2.[Cl-].[Cl-].[Zr+2]=[C]1CCCCC1.c1cc[cH-]c1. The Morgan fingerprint density at radius 2 is 1.37 bits per heavy atom. The number of rotatable bonds is 0. The van der Waals surface area contributed by atoms with Crippen molar-refractivity contribution in [2.75, 3.05) is 0 Å². The molecule has 2 aliphatic carbocycles. The molecule has 0 amide bonds. The van der Waals surface area contributed by atoms with Crippen LogP contribution in [0.1, 0.15) is 95.9 Å². The van der Waals surface area contributed by atoms with Gasteiger partial charge < -0.3 is 24.8 Å². The number of halogens is 2. The average Bonchev–Trinajstić information content (AvgIpc) is 3.44. The van der Waals surface area contributed by atoms with E-state index in [1.807, 2.05) is 30.3 Å². The van der Waals surface area contributed by atoms with E-state index in [0.717, 1.165) is 6.42 Å². The zero-order valence-electron chi connectivity index (χ0n) is 22.3. The van der Waals surface area contributed by atoms with Crippen LogP contribution >= 0.6 is 0 Å². The van der Waals surface area contributed by atoms with Gasteiger partial charge in [0.25, 0.3) is 0 Å². The van der Waals surface area contributed by atoms with Crippen molar-refractivity contribution in [3.63, 3.8) is 0 Å². The molecule has 0 atom stereocenters. The standard InChI is InChI=1S/C21H25.C6H10.C5H5.2ClH.Zr/c1-20(2,3)16-7-9-18-14(12-16)11-15-13-17(21(4,5)6)8-10-19(15)18;1-2-4-6-5-3-1;1-2-4-5-3-1;;;/h7-10,12H,11H2,1-6H3;1-5H2;1-5H;2*1H;/q-1;;-1;;;+2/p-2. The first-order valence-corrected chi connectivity index (χ1v) is 13.7. The Hall–Kier alpha value is -0.877. The molecule has 0 unspecified atom stereocenters. The summed E-state index contributed by atoms with van der Waals surface area (Å²) in [6.45, 7) is 13.6. The van der Waals surface area contributed by atoms with Crippen molar-refractivity contribution in [3.8, 4) is 11.1 Å². The molecular weight excluding hydrogens is 546 g/mol. The Bertz CT molecular complexity index is 963. The topological polar surface area (TPSA) is 0 Å². The second-order valence-electron chi connectivity index (χ2n) is 11.4. The summed E-state index contributed by atoms with van der Waals surface area (Å²) in [6, 6.07) is 25.2. The van der Waals surface area contributed by atoms with Crippen LogP contribution in [-0.2, 0) is 41.5 Å². The summed E-state index contributed by atoms with van der Waals surface area (Å²) in [5.41, 5.74) is 8.70. The second-order valence-corrected chi connectivity index (χ2v) is 13.2. The van der Waals surface area contributed by atoms with E-state index in [2.05, 4.69) is 77.9 Å². The van der Waals surface area contributed by atoms with E-state index in [1.54, 1.807) is 27.4 Å². The number of fused-ring (bicyclic) bond motifs is 3. The first-order valence-electron chi connectivity index (χ1n) is 12.5. The average molecular weight is 587 g/mol. The maximum absolute atomic E-state index is 3.67. The third-order valence-corrected chi connectivity index (χ3v) is 7.71. The van der Waals surface area contributed by atoms with E-state index in [0.29, 0.717) is 0 Å². The molecule has 5 rings (SSSR count). The van der Waals surface area contributed by atoms with Crippen LogP contribution in [0.2, 0.25) is 0 Å². The molecule has 1 fully saturated rings. The Morgan fingerprint density at radius 1 is 0.771 bits per heavy atom. The van der Waals surface area contributed by atoms with Crippen LogP contribution in [0.5, 0.6) is 0 Å². The number of hydrogen-bond donors (Lipinski definition) is 0. The third kappa shape index (κ3) is 9.50. The molecule has 3 aromatic rings. The molecule has 35 heavy (non-hydrogen) atoms. The summed E-state index contributed by atoms with van der Waals surface area (Å²) >= 11 is 1.69. The van der Waals surface area contributed by atoms with E-state index >= 15 is 0 Å². The summed E-state index contributed by atoms with van der Waals surface area (Å²) in [7, 11) is 0. The molecule has 0 aromatic heterocycles. The van der Waals surface area contributed by atoms with E-state index in [1.165, 1.54) is 65.5 Å². The van der Waals surface area contributed by atoms with Crippen LogP contribution in [-0.4, -0.2) is 3.21 Å². The van der Waals surface area contributed by atoms with Gasteiger partial charge >= 0.3 is 59.5 Å². The third-order valence-electron chi connectivity index (χ3n) is 6.48. The summed E-state index contributed by atoms with van der Waals surface area (Å²) in [5.74, 6) is 0. The molecule has 0 spiro atoms. The zero-order chi connectivity index (χ0) is 24.1. The number of hydrogen-bond acceptors (Lipinski definition) is 0. The summed E-state index contributed by atoms with van der Waals surface area (Å²) < 4.78 is 1.80. The van der Waals surface area contributed by atoms with Crippen molar-refractivity contribution in [2.45, 2.75) is 90.9 Å². The maximum Gasteiger partial charge on any atom is -0.172 e. The van der Waals surface area contributed by atoms with Crippen molar-refractivity contribution in [3.05, 3.63) is 89.0 Å². The van der Waals surface area contributed by atoms with Gasteiger partial charge in [0.1, 0.15) is 0 Å². The fraction of sp³-hybridized carbons (Fsp3) is 0.438. The minimum Gasteiger partial charge on any atom is -0.214 e. The minimum atomic E-state index is 0. The van der Waals surface area contributed by atoms with E-state index in [-0.39, 0.29) is 35.6 Å². The van der Waals surface area contributed by atoms with Crippen molar-refractivity contribution in [1.29, 1.82) is 0 Å². The van der Waals surface area contributed by atoms with Gasteiger partial charge in [0.15, 0.2) is 0 Å². The fourth-order valence-electron chi connectivity index (χ4n) is 4.33. The minimum absolute atomic E-state index is 0. The van der Waals surface area contributed by atoms with Crippen molar-refractivity contribution >= 4 is 3.21 Å². The van der Waals surface area contributed by atoms with E-state index in [4.69, 9.17) is 0 Å². The normalized spacial score (nSPS) is 14.1. The summed E-state index contributed by atoms with van der Waals surface area (Å²) in [6.07, 6.45) is 8.34. The van der Waals surface area contributed by atoms with Crippen LogP contribution in [0.4, 0.5) is 0 Å². The molecular formula is C32H40Cl2Zr-2. The van der Waals surface area contributed by atoms with Crippen LogP contribution in [0.3, 0.4) is 0 Å². The molecule has 1 saturated carbocycles. The Kier molecular flexibility index (Phi) is 13.0. The number of benzene rings is 2. The van der Waals surface area contributed by atoms with Crippen molar-refractivity contribution in [1.82, 2.24) is 0 Å². The molecule has 2 aliphatic rings. The Morgan fingerprint density at radius 3 is 1.83 bits per heavy atom. The molecule has 0 radical (unpaired) electrons. The van der Waals surface area contributed by atoms with E-state index in [9.17, 15) is 0 Å². The summed E-state index contributed by atoms with van der Waals surface area (Å²) in [4.78, 5) is 0. The van der Waals surface area contributed by atoms with Gasteiger partial charge in [-0.2, -0.15) is 42.0 Å². The second kappa shape index (κ2) is 14.2. The summed E-state index contributed by atoms with van der Waals surface area (Å²) in [5, 5.41) is 0. The molecule has 0 bridgehead atoms. The molecule has 0 saturated heterocycles. The largest absolute Gasteiger partial charge is 0.214 e. The van der Waals surface area contributed by atoms with E-state index < -0.39 is 0 Å². The molecule has 0 aliphatic heterocycles. The van der Waals surface area contributed by atoms with Gasteiger partial charge in [0.2, 0.25) is 0 Å². The predicted octanol–water partition coefficient (Wildman–Crippen LogP) is 2.74. The van der Waals surface area contributed by atoms with Gasteiger partial charge in [-0.3, -0.25) is 0 Å². The van der Waals surface area contributed by atoms with Crippen molar-refractivity contribution in [2.24, 2.45) is 0 Å². The van der Waals surface area contributed by atoms with Crippen LogP contribution in [0.25, 0.3) is 11.1 Å². The van der Waals surface area contributed by atoms with Gasteiger partial charge in [0, 0.05) is 0 Å². The van der Waals surface area contributed by atoms with Gasteiger partial charge in [0.05, 0.1) is 0 Å². The zero-order valence-corrected chi connectivity index (χ0v) is 26.2. The fourth-order valence-corrected chi connectivity index (χ4v) is 5.20. The Balaban J connectivity index is 0.000000360. The molecule has 3 heteroatoms. The predicted molar refractivity (Wildman–Crippen MR) is 141 cm³/mol. The molecule has 188 valence electrons. The molecule has 0 heterocycles. The smallest absolute Gasteiger partial charge is 0.172 e. The van der Waals surface area contributed by atoms with Crippen molar-refractivity contribution < 1.29 is 49.0 Å². The molecule has 0 N–H and O–H groups in total. The maximum atomic E-state index is 3.67. The quantitative estimate of drug-likeness (QED) is 0.278. The monoisotopic (exact) mass is 584 g/mol. The van der Waals surface area contributed by atoms with Crippen LogP contribution < -0.4 is 24.8 Å². The first kappa shape index (κ1) is 32.2. The van der Waals surface area contributed by atoms with Crippen LogP contribution in [0, 0.1) is 6.07 Å². The van der Waals surface area contributed by atoms with Crippen LogP contribution in [0.15, 0.2) is 60.7 Å². The van der Waals surface area contributed by atoms with Gasteiger partial charge in [-0.25, -0.2) is 12.1 Å². The Labute approximate surface area is 241 Å². The van der Waals surface area contributed by atoms with Gasteiger partial charge in [-0.15, -0.1) is 11.1 Å². The molecule has 0 nitrogen and oxygen atoms in total. The first-order chi connectivity index (χ1) is 15.6. The van der Waals surface area contributed by atoms with Gasteiger partial charge in [-0.1, -0.05) is 65.3 Å². The molecule has 3 aromatic carbocycles. The van der Waals surface area contributed by atoms with Gasteiger partial charge in [-0.05, 0) is 28.4 Å².